The van der Waals surface area contributed by atoms with Crippen molar-refractivity contribution in [2.75, 3.05) is 0 Å². The number of fused-ring (bicyclic) bond motifs is 5. The van der Waals surface area contributed by atoms with Gasteiger partial charge in [-0.1, -0.05) is 92.6 Å². The van der Waals surface area contributed by atoms with Crippen LogP contribution in [0, 0.1) is 16.9 Å². The number of nitrogens with zero attached hydrogens (tertiary/aromatic N) is 3. The second kappa shape index (κ2) is 12.1. The van der Waals surface area contributed by atoms with E-state index in [4.69, 9.17) is 0 Å². The van der Waals surface area contributed by atoms with Gasteiger partial charge in [0.25, 0.3) is 0 Å². The van der Waals surface area contributed by atoms with E-state index in [9.17, 15) is 9.90 Å². The molecule has 0 aliphatic heterocycles. The van der Waals surface area contributed by atoms with E-state index in [0.717, 1.165) is 22.3 Å². The number of aliphatic hydroxyl groups is 1. The van der Waals surface area contributed by atoms with Gasteiger partial charge < -0.3 is 9.67 Å². The molecule has 5 aromatic rings. The van der Waals surface area contributed by atoms with Crippen molar-refractivity contribution in [3.63, 3.8) is 0 Å². The molecule has 5 nitrogen and oxygen atoms in total. The van der Waals surface area contributed by atoms with Crippen LogP contribution in [0.2, 0.25) is 0 Å². The van der Waals surface area contributed by atoms with E-state index < -0.39 is 5.41 Å². The molecular formula is C36H42IrN3O2-. The molecule has 0 unspecified atom stereocenters. The molecule has 2 heterocycles. The first-order valence-corrected chi connectivity index (χ1v) is 14.1. The van der Waals surface area contributed by atoms with Crippen molar-refractivity contribution < 1.29 is 30.0 Å². The number of carbonyl (C=O) groups is 1. The maximum atomic E-state index is 11.5. The first-order valence-electron chi connectivity index (χ1n) is 14.1. The Hall–Kier alpha value is -3.34. The normalized spacial score (nSPS) is 12.7. The van der Waals surface area contributed by atoms with Gasteiger partial charge in [0.05, 0.1) is 16.6 Å². The Morgan fingerprint density at radius 2 is 1.55 bits per heavy atom. The van der Waals surface area contributed by atoms with Crippen molar-refractivity contribution in [3.05, 3.63) is 84.4 Å². The maximum Gasteiger partial charge on any atom is 0.164 e. The Labute approximate surface area is 263 Å². The van der Waals surface area contributed by atoms with E-state index in [-0.39, 0.29) is 42.5 Å². The molecule has 5 rings (SSSR count). The van der Waals surface area contributed by atoms with Crippen LogP contribution in [0.25, 0.3) is 44.0 Å². The first kappa shape index (κ1) is 33.2. The fourth-order valence-corrected chi connectivity index (χ4v) is 4.58. The van der Waals surface area contributed by atoms with Crippen LogP contribution in [0.3, 0.4) is 0 Å². The molecule has 1 radical (unpaired) electrons. The zero-order valence-corrected chi connectivity index (χ0v) is 28.8. The van der Waals surface area contributed by atoms with Crippen molar-refractivity contribution in [1.29, 1.82) is 0 Å². The van der Waals surface area contributed by atoms with Gasteiger partial charge in [-0.3, -0.25) is 9.78 Å². The van der Waals surface area contributed by atoms with Crippen molar-refractivity contribution >= 4 is 38.5 Å². The number of aromatic nitrogens is 3. The van der Waals surface area contributed by atoms with Gasteiger partial charge in [-0.15, -0.1) is 35.4 Å². The minimum atomic E-state index is -0.417. The van der Waals surface area contributed by atoms with Gasteiger partial charge in [0.2, 0.25) is 0 Å². The monoisotopic (exact) mass is 741 g/mol. The quantitative estimate of drug-likeness (QED) is 0.111. The largest absolute Gasteiger partial charge is 0.512 e. The first-order chi connectivity index (χ1) is 19.0. The van der Waals surface area contributed by atoms with Crippen molar-refractivity contribution in [1.82, 2.24) is 14.5 Å². The summed E-state index contributed by atoms with van der Waals surface area (Å²) in [6.07, 6.45) is 3.00. The summed E-state index contributed by atoms with van der Waals surface area (Å²) in [5.74, 6) is 0.104. The summed E-state index contributed by atoms with van der Waals surface area (Å²) >= 11 is 0. The molecule has 3 aromatic carbocycles. The van der Waals surface area contributed by atoms with Gasteiger partial charge in [0.1, 0.15) is 12.1 Å². The number of aryl methyl sites for hydroxylation is 1. The number of benzene rings is 3. The van der Waals surface area contributed by atoms with Crippen LogP contribution >= 0.6 is 0 Å². The number of carbonyl (C=O) groups excluding carboxylic acids is 1. The van der Waals surface area contributed by atoms with Crippen molar-refractivity contribution in [3.8, 4) is 11.3 Å². The van der Waals surface area contributed by atoms with Gasteiger partial charge in [-0.25, -0.2) is 4.98 Å². The van der Waals surface area contributed by atoms with Gasteiger partial charge in [-0.05, 0) is 22.3 Å². The van der Waals surface area contributed by atoms with E-state index in [0.29, 0.717) is 0 Å². The van der Waals surface area contributed by atoms with Crippen molar-refractivity contribution in [2.24, 2.45) is 17.9 Å². The topological polar surface area (TPSA) is 68.0 Å². The summed E-state index contributed by atoms with van der Waals surface area (Å²) in [5, 5.41) is 13.2. The number of hydrogen-bond donors (Lipinski definition) is 1. The standard InChI is InChI=1S/C25H22N3.C11H20O2.Ir/c1-25(2,3)18-12-9-17(10-13-18)22-24-23(27-15-26-22)21-19-8-6-5-7-16(19)11-14-20(21)28(24)4;1-10(2,3)8(12)7-9(13)11(4,5)6;/h5-9,11-15H,1-4H3;7,12H,1-6H3;/q-1;;/b;8-7-;. The van der Waals surface area contributed by atoms with Gasteiger partial charge in [-0.2, -0.15) is 0 Å². The predicted molar refractivity (Wildman–Crippen MR) is 171 cm³/mol. The van der Waals surface area contributed by atoms with Crippen LogP contribution in [0.15, 0.2) is 72.8 Å². The number of aliphatic hydroxyl groups excluding tert-OH is 1. The molecule has 1 N–H and O–H groups in total. The van der Waals surface area contributed by atoms with E-state index in [1.807, 2.05) is 41.5 Å². The predicted octanol–water partition coefficient (Wildman–Crippen LogP) is 9.13. The number of rotatable bonds is 2. The molecular weight excluding hydrogens is 699 g/mol. The minimum Gasteiger partial charge on any atom is -0.512 e. The molecule has 223 valence electrons. The molecule has 0 atom stereocenters. The zero-order chi connectivity index (χ0) is 30.3. The van der Waals surface area contributed by atoms with Crippen LogP contribution in [0.4, 0.5) is 0 Å². The number of ketones is 1. The minimum absolute atomic E-state index is 0. The van der Waals surface area contributed by atoms with Gasteiger partial charge >= 0.3 is 0 Å². The van der Waals surface area contributed by atoms with E-state index >= 15 is 0 Å². The second-order valence-electron chi connectivity index (χ2n) is 13.8. The van der Waals surface area contributed by atoms with Crippen LogP contribution < -0.4 is 0 Å². The zero-order valence-electron chi connectivity index (χ0n) is 26.4. The Kier molecular flexibility index (Phi) is 9.56. The van der Waals surface area contributed by atoms with E-state index in [1.54, 1.807) is 6.33 Å². The number of hydrogen-bond acceptors (Lipinski definition) is 4. The summed E-state index contributed by atoms with van der Waals surface area (Å²) in [6.45, 7) is 17.8. The molecule has 0 fully saturated rings. The SMILES string of the molecule is CC(C)(C)C(=O)/C=C(\O)C(C)(C)C.Cn1c2ccc3ccccc3c2c2ncnc(-c3[c-]cc(C(C)(C)C)cc3)c21.[Ir]. The van der Waals surface area contributed by atoms with Crippen molar-refractivity contribution in [2.45, 2.75) is 67.7 Å². The summed E-state index contributed by atoms with van der Waals surface area (Å²) in [4.78, 5) is 20.8. The molecule has 0 spiro atoms. The molecule has 0 saturated heterocycles. The Morgan fingerprint density at radius 1 is 0.881 bits per heavy atom. The molecule has 2 aromatic heterocycles. The molecule has 0 aliphatic rings. The van der Waals surface area contributed by atoms with Crippen LogP contribution in [0.5, 0.6) is 0 Å². The molecule has 0 amide bonds. The third kappa shape index (κ3) is 6.82. The Morgan fingerprint density at radius 3 is 2.12 bits per heavy atom. The summed E-state index contributed by atoms with van der Waals surface area (Å²) in [5.41, 5.74) is 5.74. The summed E-state index contributed by atoms with van der Waals surface area (Å²) in [6, 6.07) is 22.7. The Balaban J connectivity index is 0.000000297. The molecule has 6 heteroatoms. The van der Waals surface area contributed by atoms with E-state index in [1.165, 1.54) is 33.3 Å². The second-order valence-corrected chi connectivity index (χ2v) is 13.8. The van der Waals surface area contributed by atoms with Gasteiger partial charge in [0.15, 0.2) is 5.78 Å². The molecule has 0 saturated carbocycles. The fourth-order valence-electron chi connectivity index (χ4n) is 4.58. The van der Waals surface area contributed by atoms with Crippen LogP contribution in [-0.2, 0) is 37.4 Å². The third-order valence-corrected chi connectivity index (χ3v) is 7.37. The molecule has 42 heavy (non-hydrogen) atoms. The third-order valence-electron chi connectivity index (χ3n) is 7.37. The van der Waals surface area contributed by atoms with Crippen LogP contribution in [0.1, 0.15) is 67.9 Å². The summed E-state index contributed by atoms with van der Waals surface area (Å²) in [7, 11) is 2.09. The number of allylic oxidation sites excluding steroid dienone is 2. The molecule has 0 bridgehead atoms. The smallest absolute Gasteiger partial charge is 0.164 e. The van der Waals surface area contributed by atoms with Crippen LogP contribution in [-0.4, -0.2) is 25.4 Å². The summed E-state index contributed by atoms with van der Waals surface area (Å²) < 4.78 is 2.21. The average Bonchev–Trinajstić information content (AvgIpc) is 3.20. The fraction of sp³-hybridized carbons (Fsp3) is 0.361. The molecule has 0 aliphatic carbocycles. The average molecular weight is 741 g/mol. The van der Waals surface area contributed by atoms with Gasteiger partial charge in [0, 0.05) is 55.1 Å². The Bertz CT molecular complexity index is 1760. The van der Waals surface area contributed by atoms with E-state index in [2.05, 4.69) is 103 Å². The maximum absolute atomic E-state index is 11.5.